The molecule has 2 rings (SSSR count). The molecule has 0 aliphatic rings. The number of aryl methyl sites for hydroxylation is 1. The zero-order chi connectivity index (χ0) is 17.0. The van der Waals surface area contributed by atoms with Crippen molar-refractivity contribution in [1.29, 1.82) is 0 Å². The van der Waals surface area contributed by atoms with E-state index in [1.807, 2.05) is 0 Å². The van der Waals surface area contributed by atoms with Crippen molar-refractivity contribution in [3.05, 3.63) is 62.5 Å². The zero-order valence-corrected chi connectivity index (χ0v) is 13.7. The van der Waals surface area contributed by atoms with Crippen LogP contribution in [0.15, 0.2) is 29.3 Å². The van der Waals surface area contributed by atoms with E-state index in [1.54, 1.807) is 13.8 Å². The lowest BCUT2D eigenvalue weighted by Crippen LogP contribution is -2.33. The van der Waals surface area contributed by atoms with Crippen LogP contribution < -0.4 is 10.9 Å². The first-order valence-corrected chi connectivity index (χ1v) is 7.50. The summed E-state index contributed by atoms with van der Waals surface area (Å²) in [4.78, 5) is 28.0. The molecule has 0 aliphatic heterocycles. The molecule has 0 saturated carbocycles. The Morgan fingerprint density at radius 3 is 2.83 bits per heavy atom. The molecule has 0 unspecified atom stereocenters. The fraction of sp³-hybridized carbons (Fsp3) is 0.312. The molecule has 0 radical (unpaired) electrons. The maximum atomic E-state index is 13.6. The van der Waals surface area contributed by atoms with Gasteiger partial charge in [0.2, 0.25) is 5.91 Å². The number of benzene rings is 1. The lowest BCUT2D eigenvalue weighted by atomic mass is 10.1. The summed E-state index contributed by atoms with van der Waals surface area (Å²) in [6.07, 6.45) is 1.30. The highest BCUT2D eigenvalue weighted by Gasteiger charge is 2.11. The lowest BCUT2D eigenvalue weighted by Gasteiger charge is -2.10. The highest BCUT2D eigenvalue weighted by Crippen LogP contribution is 2.19. The standard InChI is InChI=1S/C16H17ClFN3O2/c1-10-11(2)20-9-21(16(10)23)7-6-19-15(22)8-12-13(17)4-3-5-14(12)18/h3-5,9H,6-8H2,1-2H3,(H,19,22). The van der Waals surface area contributed by atoms with Crippen molar-refractivity contribution in [3.8, 4) is 0 Å². The van der Waals surface area contributed by atoms with Crippen LogP contribution in [0.5, 0.6) is 0 Å². The maximum absolute atomic E-state index is 13.6. The Hall–Kier alpha value is -2.21. The largest absolute Gasteiger partial charge is 0.354 e. The van der Waals surface area contributed by atoms with Crippen molar-refractivity contribution in [2.24, 2.45) is 0 Å². The first-order valence-electron chi connectivity index (χ1n) is 7.12. The molecule has 0 aliphatic carbocycles. The highest BCUT2D eigenvalue weighted by molar-refractivity contribution is 6.31. The van der Waals surface area contributed by atoms with Crippen molar-refractivity contribution < 1.29 is 9.18 Å². The molecule has 0 bridgehead atoms. The minimum absolute atomic E-state index is 0.135. The van der Waals surface area contributed by atoms with Crippen molar-refractivity contribution in [1.82, 2.24) is 14.9 Å². The van der Waals surface area contributed by atoms with E-state index in [1.165, 1.54) is 29.1 Å². The van der Waals surface area contributed by atoms with Crippen LogP contribution in [0.3, 0.4) is 0 Å². The van der Waals surface area contributed by atoms with Gasteiger partial charge in [-0.3, -0.25) is 14.2 Å². The first-order chi connectivity index (χ1) is 10.9. The molecule has 1 aromatic heterocycles. The summed E-state index contributed by atoms with van der Waals surface area (Å²) in [6.45, 7) is 4.01. The fourth-order valence-corrected chi connectivity index (χ4v) is 2.30. The zero-order valence-electron chi connectivity index (χ0n) is 12.9. The van der Waals surface area contributed by atoms with Crippen LogP contribution in [0.4, 0.5) is 4.39 Å². The monoisotopic (exact) mass is 337 g/mol. The Morgan fingerprint density at radius 2 is 2.13 bits per heavy atom. The van der Waals surface area contributed by atoms with Gasteiger partial charge in [0.1, 0.15) is 5.82 Å². The van der Waals surface area contributed by atoms with Crippen molar-refractivity contribution >= 4 is 17.5 Å². The van der Waals surface area contributed by atoms with Gasteiger partial charge in [-0.1, -0.05) is 17.7 Å². The number of hydrogen-bond donors (Lipinski definition) is 1. The number of carbonyl (C=O) groups is 1. The van der Waals surface area contributed by atoms with Crippen LogP contribution in [0.2, 0.25) is 5.02 Å². The predicted octanol–water partition coefficient (Wildman–Crippen LogP) is 2.01. The molecule has 0 atom stereocenters. The Kier molecular flexibility index (Phi) is 5.50. The number of nitrogens with one attached hydrogen (secondary N) is 1. The molecule has 0 fully saturated rings. The summed E-state index contributed by atoms with van der Waals surface area (Å²) in [6, 6.07) is 4.28. The first kappa shape index (κ1) is 17.1. The number of rotatable bonds is 5. The van der Waals surface area contributed by atoms with Crippen LogP contribution in [0.25, 0.3) is 0 Å². The van der Waals surface area contributed by atoms with E-state index in [0.29, 0.717) is 17.8 Å². The van der Waals surface area contributed by atoms with Gasteiger partial charge < -0.3 is 5.32 Å². The normalized spacial score (nSPS) is 10.6. The molecule has 122 valence electrons. The minimum atomic E-state index is -0.512. The van der Waals surface area contributed by atoms with Gasteiger partial charge in [0.15, 0.2) is 0 Å². The minimum Gasteiger partial charge on any atom is -0.354 e. The summed E-state index contributed by atoms with van der Waals surface area (Å²) >= 11 is 5.88. The number of hydrogen-bond acceptors (Lipinski definition) is 3. The Morgan fingerprint density at radius 1 is 1.39 bits per heavy atom. The van der Waals surface area contributed by atoms with Crippen molar-refractivity contribution in [3.63, 3.8) is 0 Å². The molecule has 2 aromatic rings. The molecule has 1 heterocycles. The van der Waals surface area contributed by atoms with Crippen LogP contribution in [0.1, 0.15) is 16.8 Å². The molecule has 5 nitrogen and oxygen atoms in total. The third kappa shape index (κ3) is 4.16. The number of halogens is 2. The number of amides is 1. The predicted molar refractivity (Wildman–Crippen MR) is 86.1 cm³/mol. The lowest BCUT2D eigenvalue weighted by molar-refractivity contribution is -0.120. The molecule has 1 amide bonds. The highest BCUT2D eigenvalue weighted by atomic mass is 35.5. The molecular weight excluding hydrogens is 321 g/mol. The van der Waals surface area contributed by atoms with E-state index in [9.17, 15) is 14.0 Å². The second-order valence-corrected chi connectivity index (χ2v) is 5.59. The molecule has 0 spiro atoms. The van der Waals surface area contributed by atoms with Crippen molar-refractivity contribution in [2.45, 2.75) is 26.8 Å². The van der Waals surface area contributed by atoms with Gasteiger partial charge in [0.25, 0.3) is 5.56 Å². The van der Waals surface area contributed by atoms with E-state index >= 15 is 0 Å². The summed E-state index contributed by atoms with van der Waals surface area (Å²) in [5, 5.41) is 2.86. The number of nitrogens with zero attached hydrogens (tertiary/aromatic N) is 2. The summed E-state index contributed by atoms with van der Waals surface area (Å²) < 4.78 is 15.0. The molecule has 23 heavy (non-hydrogen) atoms. The van der Waals surface area contributed by atoms with E-state index in [-0.39, 0.29) is 35.0 Å². The van der Waals surface area contributed by atoms with Gasteiger partial charge in [0.05, 0.1) is 12.7 Å². The fourth-order valence-electron chi connectivity index (χ4n) is 2.08. The average Bonchev–Trinajstić information content (AvgIpc) is 2.51. The second kappa shape index (κ2) is 7.37. The van der Waals surface area contributed by atoms with Gasteiger partial charge in [-0.05, 0) is 26.0 Å². The number of carbonyl (C=O) groups excluding carboxylic acids is 1. The van der Waals surface area contributed by atoms with Gasteiger partial charge in [-0.15, -0.1) is 0 Å². The van der Waals surface area contributed by atoms with Crippen LogP contribution in [0, 0.1) is 19.7 Å². The van der Waals surface area contributed by atoms with E-state index in [0.717, 1.165) is 0 Å². The molecule has 1 N–H and O–H groups in total. The van der Waals surface area contributed by atoms with Crippen LogP contribution >= 0.6 is 11.6 Å². The second-order valence-electron chi connectivity index (χ2n) is 5.18. The van der Waals surface area contributed by atoms with Gasteiger partial charge in [-0.25, -0.2) is 9.37 Å². The SMILES string of the molecule is Cc1ncn(CCNC(=O)Cc2c(F)cccc2Cl)c(=O)c1C. The summed E-state index contributed by atoms with van der Waals surface area (Å²) in [5.74, 6) is -0.871. The van der Waals surface area contributed by atoms with Gasteiger partial charge in [-0.2, -0.15) is 0 Å². The quantitative estimate of drug-likeness (QED) is 0.907. The Bertz CT molecular complexity index is 769. The third-order valence-electron chi connectivity index (χ3n) is 3.59. The van der Waals surface area contributed by atoms with Crippen molar-refractivity contribution in [2.75, 3.05) is 6.54 Å². The van der Waals surface area contributed by atoms with E-state index < -0.39 is 5.82 Å². The topological polar surface area (TPSA) is 64.0 Å². The molecule has 1 aromatic carbocycles. The molecule has 0 saturated heterocycles. The number of aromatic nitrogens is 2. The molecular formula is C16H17ClFN3O2. The summed E-state index contributed by atoms with van der Waals surface area (Å²) in [7, 11) is 0. The van der Waals surface area contributed by atoms with E-state index in [2.05, 4.69) is 10.3 Å². The summed E-state index contributed by atoms with van der Waals surface area (Å²) in [5.41, 5.74) is 1.29. The van der Waals surface area contributed by atoms with E-state index in [4.69, 9.17) is 11.6 Å². The van der Waals surface area contributed by atoms with Crippen LogP contribution in [-0.4, -0.2) is 22.0 Å². The van der Waals surface area contributed by atoms with Gasteiger partial charge in [0, 0.05) is 34.9 Å². The average molecular weight is 338 g/mol. The molecule has 7 heteroatoms. The maximum Gasteiger partial charge on any atom is 0.256 e. The van der Waals surface area contributed by atoms with Crippen LogP contribution in [-0.2, 0) is 17.8 Å². The smallest absolute Gasteiger partial charge is 0.256 e. The third-order valence-corrected chi connectivity index (χ3v) is 3.94. The van der Waals surface area contributed by atoms with Gasteiger partial charge >= 0.3 is 0 Å². The Balaban J connectivity index is 1.93. The Labute approximate surface area is 138 Å².